The highest BCUT2D eigenvalue weighted by molar-refractivity contribution is 5.73. The van der Waals surface area contributed by atoms with Gasteiger partial charge in [-0.25, -0.2) is 4.79 Å². The van der Waals surface area contributed by atoms with Crippen LogP contribution in [0.3, 0.4) is 0 Å². The van der Waals surface area contributed by atoms with Gasteiger partial charge in [-0.1, -0.05) is 40.0 Å². The molecule has 1 aliphatic rings. The van der Waals surface area contributed by atoms with Crippen LogP contribution in [0.4, 0.5) is 4.79 Å². The predicted molar refractivity (Wildman–Crippen MR) is 76.7 cm³/mol. The van der Waals surface area contributed by atoms with Gasteiger partial charge in [-0.2, -0.15) is 0 Å². The fourth-order valence-electron chi connectivity index (χ4n) is 3.15. The van der Waals surface area contributed by atoms with Crippen molar-refractivity contribution >= 4 is 6.03 Å². The number of nitrogens with one attached hydrogen (secondary N) is 2. The molecule has 0 aliphatic heterocycles. The molecule has 1 rings (SSSR count). The summed E-state index contributed by atoms with van der Waals surface area (Å²) in [4.78, 5) is 11.7. The van der Waals surface area contributed by atoms with Crippen molar-refractivity contribution in [3.8, 4) is 0 Å². The summed E-state index contributed by atoms with van der Waals surface area (Å²) in [5, 5.41) is 6.01. The summed E-state index contributed by atoms with van der Waals surface area (Å²) in [7, 11) is 0. The Balaban J connectivity index is 2.31. The molecule has 0 spiro atoms. The number of hydrogen-bond acceptors (Lipinski definition) is 1. The molecule has 0 radical (unpaired) electrons. The van der Waals surface area contributed by atoms with Crippen LogP contribution in [0.2, 0.25) is 0 Å². The van der Waals surface area contributed by atoms with E-state index in [1.165, 1.54) is 32.1 Å². The molecule has 0 bridgehead atoms. The summed E-state index contributed by atoms with van der Waals surface area (Å²) < 4.78 is 0. The number of unbranched alkanes of at least 4 members (excludes halogenated alkanes) is 1. The summed E-state index contributed by atoms with van der Waals surface area (Å²) in [6.45, 7) is 8.33. The third-order valence-electron chi connectivity index (χ3n) is 3.95. The molecule has 2 N–H and O–H groups in total. The summed E-state index contributed by atoms with van der Waals surface area (Å²) in [6, 6.07) is 0.0125. The minimum absolute atomic E-state index is 0.0125. The molecule has 0 saturated heterocycles. The highest BCUT2D eigenvalue weighted by atomic mass is 16.2. The van der Waals surface area contributed by atoms with Gasteiger partial charge in [0.25, 0.3) is 0 Å². The van der Waals surface area contributed by atoms with E-state index in [1.54, 1.807) is 0 Å². The average Bonchev–Trinajstić information content (AvgIpc) is 2.75. The van der Waals surface area contributed by atoms with Crippen LogP contribution in [0.15, 0.2) is 0 Å². The Labute approximate surface area is 112 Å². The molecule has 0 unspecified atom stereocenters. The zero-order valence-corrected chi connectivity index (χ0v) is 12.3. The molecule has 3 nitrogen and oxygen atoms in total. The Morgan fingerprint density at radius 2 is 1.89 bits per heavy atom. The van der Waals surface area contributed by atoms with E-state index in [0.717, 1.165) is 25.9 Å². The van der Waals surface area contributed by atoms with Crippen molar-refractivity contribution in [1.29, 1.82) is 0 Å². The Bertz CT molecular complexity index is 245. The van der Waals surface area contributed by atoms with E-state index in [-0.39, 0.29) is 6.03 Å². The van der Waals surface area contributed by atoms with E-state index in [0.29, 0.717) is 11.3 Å². The van der Waals surface area contributed by atoms with Crippen LogP contribution in [-0.4, -0.2) is 19.1 Å². The number of carbonyl (C=O) groups excluding carboxylic acids is 1. The summed E-state index contributed by atoms with van der Waals surface area (Å²) in [5.74, 6) is 0.716. The first kappa shape index (κ1) is 15.3. The van der Waals surface area contributed by atoms with Gasteiger partial charge in [0.1, 0.15) is 0 Å². The third-order valence-corrected chi connectivity index (χ3v) is 3.95. The predicted octanol–water partition coefficient (Wildman–Crippen LogP) is 3.69. The smallest absolute Gasteiger partial charge is 0.314 e. The fraction of sp³-hybridized carbons (Fsp3) is 0.933. The van der Waals surface area contributed by atoms with Crippen LogP contribution in [0.1, 0.15) is 65.7 Å². The number of hydrogen-bond donors (Lipinski definition) is 2. The van der Waals surface area contributed by atoms with Gasteiger partial charge in [-0.05, 0) is 37.0 Å². The molecule has 0 heterocycles. The van der Waals surface area contributed by atoms with Crippen LogP contribution in [0, 0.1) is 11.3 Å². The lowest BCUT2D eigenvalue weighted by Crippen LogP contribution is -2.42. The monoisotopic (exact) mass is 254 g/mol. The second-order valence-corrected chi connectivity index (χ2v) is 6.27. The SMILES string of the molecule is CCCCNC(=O)NCC1(CC(C)C)CCCC1. The molecule has 18 heavy (non-hydrogen) atoms. The number of amides is 2. The standard InChI is InChI=1S/C15H30N2O/c1-4-5-10-16-14(18)17-12-15(11-13(2)3)8-6-7-9-15/h13H,4-12H2,1-3H3,(H2,16,17,18). The number of carbonyl (C=O) groups is 1. The van der Waals surface area contributed by atoms with Crippen molar-refractivity contribution in [2.24, 2.45) is 11.3 Å². The van der Waals surface area contributed by atoms with Gasteiger partial charge in [0.05, 0.1) is 0 Å². The summed E-state index contributed by atoms with van der Waals surface area (Å²) >= 11 is 0. The quantitative estimate of drug-likeness (QED) is 0.668. The topological polar surface area (TPSA) is 41.1 Å². The van der Waals surface area contributed by atoms with Gasteiger partial charge in [0, 0.05) is 13.1 Å². The van der Waals surface area contributed by atoms with Crippen molar-refractivity contribution in [3.63, 3.8) is 0 Å². The molecule has 0 atom stereocenters. The lowest BCUT2D eigenvalue weighted by atomic mass is 9.78. The minimum atomic E-state index is 0.0125. The molecule has 1 aliphatic carbocycles. The van der Waals surface area contributed by atoms with E-state index < -0.39 is 0 Å². The van der Waals surface area contributed by atoms with Gasteiger partial charge < -0.3 is 10.6 Å². The molecule has 3 heteroatoms. The molecule has 2 amide bonds. The number of urea groups is 1. The molecular formula is C15H30N2O. The normalized spacial score (nSPS) is 18.0. The van der Waals surface area contributed by atoms with Gasteiger partial charge >= 0.3 is 6.03 Å². The highest BCUT2D eigenvalue weighted by Gasteiger charge is 2.34. The number of rotatable bonds is 7. The van der Waals surface area contributed by atoms with Gasteiger partial charge in [-0.3, -0.25) is 0 Å². The Hall–Kier alpha value is -0.730. The van der Waals surface area contributed by atoms with Crippen LogP contribution < -0.4 is 10.6 Å². The van der Waals surface area contributed by atoms with Crippen LogP contribution in [0.5, 0.6) is 0 Å². The van der Waals surface area contributed by atoms with Crippen molar-refractivity contribution in [1.82, 2.24) is 10.6 Å². The molecule has 0 aromatic heterocycles. The van der Waals surface area contributed by atoms with Crippen molar-refractivity contribution in [2.45, 2.75) is 65.7 Å². The Morgan fingerprint density at radius 1 is 1.22 bits per heavy atom. The lowest BCUT2D eigenvalue weighted by molar-refractivity contribution is 0.209. The Kier molecular flexibility index (Phi) is 6.51. The first-order valence-electron chi connectivity index (χ1n) is 7.60. The third kappa shape index (κ3) is 5.28. The summed E-state index contributed by atoms with van der Waals surface area (Å²) in [5.41, 5.74) is 0.371. The first-order valence-corrected chi connectivity index (χ1v) is 7.60. The zero-order chi connectivity index (χ0) is 13.4. The van der Waals surface area contributed by atoms with Crippen molar-refractivity contribution < 1.29 is 4.79 Å². The largest absolute Gasteiger partial charge is 0.338 e. The van der Waals surface area contributed by atoms with Crippen molar-refractivity contribution in [3.05, 3.63) is 0 Å². The maximum Gasteiger partial charge on any atom is 0.314 e. The molecule has 0 aromatic rings. The van der Waals surface area contributed by atoms with Gasteiger partial charge in [0.2, 0.25) is 0 Å². The molecular weight excluding hydrogens is 224 g/mol. The maximum atomic E-state index is 11.7. The van der Waals surface area contributed by atoms with E-state index in [2.05, 4.69) is 31.4 Å². The lowest BCUT2D eigenvalue weighted by Gasteiger charge is -2.31. The molecule has 0 aromatic carbocycles. The maximum absolute atomic E-state index is 11.7. The van der Waals surface area contributed by atoms with Gasteiger partial charge in [0.15, 0.2) is 0 Å². The van der Waals surface area contributed by atoms with E-state index >= 15 is 0 Å². The second-order valence-electron chi connectivity index (χ2n) is 6.27. The van der Waals surface area contributed by atoms with Gasteiger partial charge in [-0.15, -0.1) is 0 Å². The fourth-order valence-corrected chi connectivity index (χ4v) is 3.15. The molecule has 1 saturated carbocycles. The summed E-state index contributed by atoms with van der Waals surface area (Å²) in [6.07, 6.45) is 8.63. The average molecular weight is 254 g/mol. The van der Waals surface area contributed by atoms with Crippen LogP contribution in [0.25, 0.3) is 0 Å². The Morgan fingerprint density at radius 3 is 2.44 bits per heavy atom. The van der Waals surface area contributed by atoms with E-state index in [9.17, 15) is 4.79 Å². The minimum Gasteiger partial charge on any atom is -0.338 e. The zero-order valence-electron chi connectivity index (χ0n) is 12.3. The van der Waals surface area contributed by atoms with Crippen LogP contribution >= 0.6 is 0 Å². The van der Waals surface area contributed by atoms with Crippen LogP contribution in [-0.2, 0) is 0 Å². The highest BCUT2D eigenvalue weighted by Crippen LogP contribution is 2.42. The molecule has 106 valence electrons. The first-order chi connectivity index (χ1) is 8.58. The van der Waals surface area contributed by atoms with E-state index in [4.69, 9.17) is 0 Å². The second kappa shape index (κ2) is 7.65. The van der Waals surface area contributed by atoms with Crippen molar-refractivity contribution in [2.75, 3.05) is 13.1 Å². The van der Waals surface area contributed by atoms with E-state index in [1.807, 2.05) is 0 Å². The molecule has 1 fully saturated rings.